The van der Waals surface area contributed by atoms with E-state index < -0.39 is 5.41 Å². The van der Waals surface area contributed by atoms with Crippen LogP contribution in [0.15, 0.2) is 60.7 Å². The molecule has 0 saturated heterocycles. The summed E-state index contributed by atoms with van der Waals surface area (Å²) in [6.45, 7) is 2.03. The van der Waals surface area contributed by atoms with Crippen LogP contribution in [-0.4, -0.2) is 5.91 Å². The summed E-state index contributed by atoms with van der Waals surface area (Å²) in [5.74, 6) is -0.234. The Kier molecular flexibility index (Phi) is 4.57. The van der Waals surface area contributed by atoms with E-state index in [9.17, 15) is 4.79 Å². The van der Waals surface area contributed by atoms with Crippen molar-refractivity contribution in [1.82, 2.24) is 0 Å². The Labute approximate surface area is 120 Å². The standard InChI is InChI=1S/C18H21NO/c1-2-18(17(19)20,16-11-7-4-8-12-16)14-13-15-9-5-3-6-10-15/h3-12H,2,13-14H2,1H3,(H2,19,20). The fourth-order valence-electron chi connectivity index (χ4n) is 2.72. The van der Waals surface area contributed by atoms with Gasteiger partial charge in [0.15, 0.2) is 0 Å². The smallest absolute Gasteiger partial charge is 0.228 e. The van der Waals surface area contributed by atoms with Crippen molar-refractivity contribution in [2.45, 2.75) is 31.6 Å². The van der Waals surface area contributed by atoms with Gasteiger partial charge in [0.1, 0.15) is 0 Å². The Morgan fingerprint density at radius 3 is 2.05 bits per heavy atom. The topological polar surface area (TPSA) is 43.1 Å². The van der Waals surface area contributed by atoms with Crippen LogP contribution in [-0.2, 0) is 16.6 Å². The molecule has 1 amide bonds. The molecule has 2 N–H and O–H groups in total. The fourth-order valence-corrected chi connectivity index (χ4v) is 2.72. The molecule has 0 spiro atoms. The summed E-state index contributed by atoms with van der Waals surface area (Å²) in [6, 6.07) is 20.1. The summed E-state index contributed by atoms with van der Waals surface area (Å²) < 4.78 is 0. The van der Waals surface area contributed by atoms with Crippen molar-refractivity contribution in [3.63, 3.8) is 0 Å². The van der Waals surface area contributed by atoms with E-state index in [-0.39, 0.29) is 5.91 Å². The zero-order valence-electron chi connectivity index (χ0n) is 11.9. The van der Waals surface area contributed by atoms with Crippen LogP contribution in [0.5, 0.6) is 0 Å². The molecule has 20 heavy (non-hydrogen) atoms. The van der Waals surface area contributed by atoms with Gasteiger partial charge in [0.2, 0.25) is 5.91 Å². The first-order valence-electron chi connectivity index (χ1n) is 7.08. The number of hydrogen-bond donors (Lipinski definition) is 1. The van der Waals surface area contributed by atoms with Gasteiger partial charge in [-0.15, -0.1) is 0 Å². The summed E-state index contributed by atoms with van der Waals surface area (Å²) in [6.07, 6.45) is 2.32. The highest BCUT2D eigenvalue weighted by Gasteiger charge is 2.36. The normalized spacial score (nSPS) is 13.7. The predicted octanol–water partition coefficient (Wildman–Crippen LogP) is 3.45. The van der Waals surface area contributed by atoms with Crippen molar-refractivity contribution < 1.29 is 4.79 Å². The molecule has 0 saturated carbocycles. The van der Waals surface area contributed by atoms with Crippen LogP contribution in [0.1, 0.15) is 30.9 Å². The van der Waals surface area contributed by atoms with Crippen molar-refractivity contribution in [3.05, 3.63) is 71.8 Å². The maximum atomic E-state index is 12.1. The summed E-state index contributed by atoms with van der Waals surface area (Å²) in [4.78, 5) is 12.1. The first kappa shape index (κ1) is 14.3. The molecule has 0 radical (unpaired) electrons. The van der Waals surface area contributed by atoms with Crippen LogP contribution in [0, 0.1) is 0 Å². The van der Waals surface area contributed by atoms with E-state index in [1.165, 1.54) is 5.56 Å². The minimum atomic E-state index is -0.572. The molecule has 2 heteroatoms. The van der Waals surface area contributed by atoms with Crippen molar-refractivity contribution in [1.29, 1.82) is 0 Å². The highest BCUT2D eigenvalue weighted by atomic mass is 16.1. The largest absolute Gasteiger partial charge is 0.369 e. The predicted molar refractivity (Wildman–Crippen MR) is 82.4 cm³/mol. The molecular weight excluding hydrogens is 246 g/mol. The van der Waals surface area contributed by atoms with Crippen molar-refractivity contribution in [2.75, 3.05) is 0 Å². The lowest BCUT2D eigenvalue weighted by molar-refractivity contribution is -0.124. The van der Waals surface area contributed by atoms with E-state index in [1.54, 1.807) is 0 Å². The van der Waals surface area contributed by atoms with Crippen LogP contribution < -0.4 is 5.73 Å². The number of primary amides is 1. The van der Waals surface area contributed by atoms with E-state index in [1.807, 2.05) is 55.5 Å². The molecule has 0 bridgehead atoms. The van der Waals surface area contributed by atoms with Crippen LogP contribution >= 0.6 is 0 Å². The summed E-state index contributed by atoms with van der Waals surface area (Å²) in [5, 5.41) is 0. The number of carbonyl (C=O) groups is 1. The first-order chi connectivity index (χ1) is 9.69. The monoisotopic (exact) mass is 267 g/mol. The van der Waals surface area contributed by atoms with E-state index in [0.717, 1.165) is 24.8 Å². The number of rotatable bonds is 6. The van der Waals surface area contributed by atoms with Gasteiger partial charge in [-0.3, -0.25) is 4.79 Å². The average Bonchev–Trinajstić information content (AvgIpc) is 2.50. The number of aryl methyl sites for hydroxylation is 1. The Hall–Kier alpha value is -2.09. The minimum Gasteiger partial charge on any atom is -0.369 e. The summed E-state index contributed by atoms with van der Waals surface area (Å²) in [5.41, 5.74) is 7.42. The second kappa shape index (κ2) is 6.38. The van der Waals surface area contributed by atoms with Crippen LogP contribution in [0.3, 0.4) is 0 Å². The van der Waals surface area contributed by atoms with Gasteiger partial charge in [-0.25, -0.2) is 0 Å². The van der Waals surface area contributed by atoms with Gasteiger partial charge in [0, 0.05) is 0 Å². The third-order valence-corrected chi connectivity index (χ3v) is 4.08. The van der Waals surface area contributed by atoms with Gasteiger partial charge in [0.25, 0.3) is 0 Å². The molecule has 0 aliphatic carbocycles. The van der Waals surface area contributed by atoms with E-state index in [2.05, 4.69) is 12.1 Å². The summed E-state index contributed by atoms with van der Waals surface area (Å²) in [7, 11) is 0. The molecule has 0 aliphatic heterocycles. The summed E-state index contributed by atoms with van der Waals surface area (Å²) >= 11 is 0. The molecule has 1 unspecified atom stereocenters. The molecule has 0 heterocycles. The number of nitrogens with two attached hydrogens (primary N) is 1. The molecule has 2 aromatic carbocycles. The molecular formula is C18H21NO. The lowest BCUT2D eigenvalue weighted by Crippen LogP contribution is -2.41. The maximum Gasteiger partial charge on any atom is 0.228 e. The number of hydrogen-bond acceptors (Lipinski definition) is 1. The highest BCUT2D eigenvalue weighted by molar-refractivity contribution is 5.86. The molecule has 2 nitrogen and oxygen atoms in total. The average molecular weight is 267 g/mol. The highest BCUT2D eigenvalue weighted by Crippen LogP contribution is 2.32. The number of benzene rings is 2. The lowest BCUT2D eigenvalue weighted by Gasteiger charge is -2.30. The van der Waals surface area contributed by atoms with Gasteiger partial charge in [-0.05, 0) is 30.4 Å². The third-order valence-electron chi connectivity index (χ3n) is 4.08. The maximum absolute atomic E-state index is 12.1. The quantitative estimate of drug-likeness (QED) is 0.855. The van der Waals surface area contributed by atoms with E-state index in [4.69, 9.17) is 5.73 Å². The zero-order valence-corrected chi connectivity index (χ0v) is 11.9. The number of carbonyl (C=O) groups excluding carboxylic acids is 1. The van der Waals surface area contributed by atoms with Crippen LogP contribution in [0.2, 0.25) is 0 Å². The Bertz CT molecular complexity index is 550. The first-order valence-corrected chi connectivity index (χ1v) is 7.08. The van der Waals surface area contributed by atoms with Gasteiger partial charge in [0.05, 0.1) is 5.41 Å². The van der Waals surface area contributed by atoms with Gasteiger partial charge >= 0.3 is 0 Å². The number of amides is 1. The third kappa shape index (κ3) is 2.90. The zero-order chi connectivity index (χ0) is 14.4. The van der Waals surface area contributed by atoms with Gasteiger partial charge in [-0.1, -0.05) is 67.6 Å². The molecule has 0 fully saturated rings. The van der Waals surface area contributed by atoms with Crippen LogP contribution in [0.25, 0.3) is 0 Å². The SMILES string of the molecule is CCC(CCc1ccccc1)(C(N)=O)c1ccccc1. The van der Waals surface area contributed by atoms with E-state index >= 15 is 0 Å². The molecule has 1 atom stereocenters. The van der Waals surface area contributed by atoms with Crippen molar-refractivity contribution in [3.8, 4) is 0 Å². The molecule has 0 aromatic heterocycles. The lowest BCUT2D eigenvalue weighted by atomic mass is 9.73. The second-order valence-electron chi connectivity index (χ2n) is 5.15. The fraction of sp³-hybridized carbons (Fsp3) is 0.278. The Morgan fingerprint density at radius 1 is 1.00 bits per heavy atom. The van der Waals surface area contributed by atoms with Crippen molar-refractivity contribution in [2.24, 2.45) is 5.73 Å². The van der Waals surface area contributed by atoms with Gasteiger partial charge in [-0.2, -0.15) is 0 Å². The Morgan fingerprint density at radius 2 is 1.55 bits per heavy atom. The van der Waals surface area contributed by atoms with Gasteiger partial charge < -0.3 is 5.73 Å². The molecule has 2 aromatic rings. The van der Waals surface area contributed by atoms with E-state index in [0.29, 0.717) is 0 Å². The molecule has 104 valence electrons. The Balaban J connectivity index is 2.26. The second-order valence-corrected chi connectivity index (χ2v) is 5.15. The molecule has 2 rings (SSSR count). The van der Waals surface area contributed by atoms with Crippen LogP contribution in [0.4, 0.5) is 0 Å². The minimum absolute atomic E-state index is 0.234. The molecule has 0 aliphatic rings. The van der Waals surface area contributed by atoms with Crippen molar-refractivity contribution >= 4 is 5.91 Å².